The van der Waals surface area contributed by atoms with Crippen LogP contribution in [-0.4, -0.2) is 14.7 Å². The predicted molar refractivity (Wildman–Crippen MR) is 99.1 cm³/mol. The molecule has 0 bridgehead atoms. The number of nitrogens with zero attached hydrogens (tertiary/aromatic N) is 2. The van der Waals surface area contributed by atoms with Gasteiger partial charge in [-0.1, -0.05) is 30.3 Å². The van der Waals surface area contributed by atoms with Gasteiger partial charge in [-0.25, -0.2) is 9.37 Å². The van der Waals surface area contributed by atoms with Crippen LogP contribution in [0.5, 0.6) is 5.75 Å². The Labute approximate surface area is 148 Å². The molecule has 1 N–H and O–H groups in total. The molecule has 4 rings (SSSR count). The summed E-state index contributed by atoms with van der Waals surface area (Å²) in [7, 11) is 0. The quantitative estimate of drug-likeness (QED) is 0.592. The van der Waals surface area contributed by atoms with Crippen molar-refractivity contribution < 1.29 is 9.50 Å². The fraction of sp³-hybridized carbons (Fsp3) is 0.0476. The van der Waals surface area contributed by atoms with Crippen LogP contribution in [0.3, 0.4) is 0 Å². The number of rotatable bonds is 2. The van der Waals surface area contributed by atoms with E-state index in [9.17, 15) is 14.3 Å². The van der Waals surface area contributed by atoms with Crippen LogP contribution in [0.2, 0.25) is 0 Å². The second-order valence-corrected chi connectivity index (χ2v) is 6.07. The van der Waals surface area contributed by atoms with Crippen molar-refractivity contribution >= 4 is 10.9 Å². The number of para-hydroxylation sites is 1. The second kappa shape index (κ2) is 6.11. The first kappa shape index (κ1) is 16.0. The normalized spacial score (nSPS) is 11.0. The Kier molecular flexibility index (Phi) is 3.77. The van der Waals surface area contributed by atoms with E-state index in [0.717, 1.165) is 5.56 Å². The zero-order valence-corrected chi connectivity index (χ0v) is 14.0. The summed E-state index contributed by atoms with van der Waals surface area (Å²) in [5, 5.41) is 10.3. The zero-order valence-electron chi connectivity index (χ0n) is 14.0. The third-order valence-electron chi connectivity index (χ3n) is 4.26. The number of aromatic hydroxyl groups is 1. The Morgan fingerprint density at radius 2 is 1.77 bits per heavy atom. The molecule has 0 aliphatic carbocycles. The number of benzene rings is 3. The average Bonchev–Trinajstić information content (AvgIpc) is 2.62. The summed E-state index contributed by atoms with van der Waals surface area (Å²) in [6.45, 7) is 1.86. The summed E-state index contributed by atoms with van der Waals surface area (Å²) in [5.41, 5.74) is 1.56. The Hall–Kier alpha value is -3.47. The lowest BCUT2D eigenvalue weighted by Crippen LogP contribution is -2.22. The summed E-state index contributed by atoms with van der Waals surface area (Å²) < 4.78 is 15.6. The molecule has 128 valence electrons. The van der Waals surface area contributed by atoms with Crippen molar-refractivity contribution in [3.8, 4) is 22.8 Å². The Bertz CT molecular complexity index is 1180. The average molecular weight is 346 g/mol. The van der Waals surface area contributed by atoms with Gasteiger partial charge < -0.3 is 5.11 Å². The van der Waals surface area contributed by atoms with Crippen LogP contribution >= 0.6 is 0 Å². The van der Waals surface area contributed by atoms with E-state index in [1.165, 1.54) is 16.7 Å². The number of hydrogen-bond acceptors (Lipinski definition) is 3. The summed E-state index contributed by atoms with van der Waals surface area (Å²) in [5.74, 6) is -0.349. The lowest BCUT2D eigenvalue weighted by Gasteiger charge is -2.15. The molecule has 0 amide bonds. The lowest BCUT2D eigenvalue weighted by atomic mass is 10.1. The molecule has 0 aliphatic rings. The topological polar surface area (TPSA) is 55.1 Å². The molecular weight excluding hydrogens is 331 g/mol. The third kappa shape index (κ3) is 2.54. The molecule has 0 saturated heterocycles. The highest BCUT2D eigenvalue weighted by Gasteiger charge is 2.18. The first-order chi connectivity index (χ1) is 12.6. The number of phenolic OH excluding ortho intramolecular Hbond substituents is 1. The number of hydrogen-bond donors (Lipinski definition) is 1. The van der Waals surface area contributed by atoms with Gasteiger partial charge in [-0.3, -0.25) is 9.36 Å². The molecule has 0 fully saturated rings. The molecule has 26 heavy (non-hydrogen) atoms. The Balaban J connectivity index is 2.17. The number of fused-ring (bicyclic) bond motifs is 1. The van der Waals surface area contributed by atoms with Crippen molar-refractivity contribution in [3.63, 3.8) is 0 Å². The van der Waals surface area contributed by atoms with Crippen LogP contribution < -0.4 is 5.56 Å². The van der Waals surface area contributed by atoms with Crippen molar-refractivity contribution in [1.29, 1.82) is 0 Å². The van der Waals surface area contributed by atoms with Crippen LogP contribution in [0.15, 0.2) is 71.5 Å². The molecule has 1 heterocycles. The highest BCUT2D eigenvalue weighted by atomic mass is 19.1. The van der Waals surface area contributed by atoms with Crippen LogP contribution in [0.4, 0.5) is 4.39 Å². The van der Waals surface area contributed by atoms with E-state index in [1.807, 2.05) is 19.1 Å². The number of phenols is 1. The maximum Gasteiger partial charge on any atom is 0.269 e. The van der Waals surface area contributed by atoms with E-state index in [4.69, 9.17) is 0 Å². The molecule has 3 aromatic carbocycles. The largest absolute Gasteiger partial charge is 0.507 e. The second-order valence-electron chi connectivity index (χ2n) is 6.07. The highest BCUT2D eigenvalue weighted by molar-refractivity contribution is 5.82. The van der Waals surface area contributed by atoms with Crippen molar-refractivity contribution in [2.45, 2.75) is 6.92 Å². The molecule has 0 saturated carbocycles. The predicted octanol–water partition coefficient (Wildman–Crippen LogP) is 4.21. The van der Waals surface area contributed by atoms with E-state index < -0.39 is 11.4 Å². The molecule has 0 atom stereocenters. The maximum absolute atomic E-state index is 14.3. The molecular formula is C21H15FN2O2. The van der Waals surface area contributed by atoms with E-state index in [1.54, 1.807) is 42.5 Å². The fourth-order valence-corrected chi connectivity index (χ4v) is 3.02. The molecule has 0 radical (unpaired) electrons. The van der Waals surface area contributed by atoms with E-state index in [0.29, 0.717) is 11.3 Å². The molecule has 0 unspecified atom stereocenters. The highest BCUT2D eigenvalue weighted by Crippen LogP contribution is 2.30. The summed E-state index contributed by atoms with van der Waals surface area (Å²) in [6.07, 6.45) is 0. The van der Waals surface area contributed by atoms with Gasteiger partial charge in [0, 0.05) is 0 Å². The molecule has 4 nitrogen and oxygen atoms in total. The van der Waals surface area contributed by atoms with Gasteiger partial charge in [0.2, 0.25) is 0 Å². The number of halogens is 1. The van der Waals surface area contributed by atoms with Crippen LogP contribution in [0.1, 0.15) is 5.56 Å². The van der Waals surface area contributed by atoms with E-state index in [2.05, 4.69) is 4.98 Å². The summed E-state index contributed by atoms with van der Waals surface area (Å²) in [6, 6.07) is 18.3. The minimum atomic E-state index is -0.621. The van der Waals surface area contributed by atoms with Gasteiger partial charge in [0.1, 0.15) is 17.0 Å². The van der Waals surface area contributed by atoms with Gasteiger partial charge in [-0.15, -0.1) is 0 Å². The van der Waals surface area contributed by atoms with Gasteiger partial charge in [-0.05, 0) is 48.9 Å². The Morgan fingerprint density at radius 1 is 1.00 bits per heavy atom. The van der Waals surface area contributed by atoms with Gasteiger partial charge in [-0.2, -0.15) is 0 Å². The van der Waals surface area contributed by atoms with Crippen molar-refractivity contribution in [1.82, 2.24) is 9.55 Å². The molecule has 5 heteroatoms. The van der Waals surface area contributed by atoms with Crippen molar-refractivity contribution in [2.24, 2.45) is 0 Å². The van der Waals surface area contributed by atoms with Crippen molar-refractivity contribution in [2.75, 3.05) is 0 Å². The zero-order chi connectivity index (χ0) is 18.3. The standard InChI is InChI=1S/C21H15FN2O2/c1-13-10-11-15(18(25)12-13)20-23-17-9-5-8-16(22)19(17)21(26)24(20)14-6-3-2-4-7-14/h2-12,25H,1H3. The van der Waals surface area contributed by atoms with Gasteiger partial charge in [0.25, 0.3) is 5.56 Å². The van der Waals surface area contributed by atoms with Gasteiger partial charge in [0.05, 0.1) is 16.8 Å². The van der Waals surface area contributed by atoms with Crippen LogP contribution in [0, 0.1) is 12.7 Å². The molecule has 0 spiro atoms. The van der Waals surface area contributed by atoms with Gasteiger partial charge in [0.15, 0.2) is 5.82 Å². The summed E-state index contributed by atoms with van der Waals surface area (Å²) in [4.78, 5) is 17.6. The monoisotopic (exact) mass is 346 g/mol. The number of aryl methyl sites for hydroxylation is 1. The first-order valence-electron chi connectivity index (χ1n) is 8.13. The lowest BCUT2D eigenvalue weighted by molar-refractivity contribution is 0.476. The van der Waals surface area contributed by atoms with Crippen LogP contribution in [-0.2, 0) is 0 Å². The summed E-state index contributed by atoms with van der Waals surface area (Å²) >= 11 is 0. The van der Waals surface area contributed by atoms with E-state index in [-0.39, 0.29) is 22.5 Å². The number of aromatic nitrogens is 2. The van der Waals surface area contributed by atoms with Gasteiger partial charge >= 0.3 is 0 Å². The SMILES string of the molecule is Cc1ccc(-c2nc3cccc(F)c3c(=O)n2-c2ccccc2)c(O)c1. The van der Waals surface area contributed by atoms with Crippen LogP contribution in [0.25, 0.3) is 28.0 Å². The fourth-order valence-electron chi connectivity index (χ4n) is 3.02. The van der Waals surface area contributed by atoms with E-state index >= 15 is 0 Å². The minimum absolute atomic E-state index is 0.0114. The minimum Gasteiger partial charge on any atom is -0.507 e. The smallest absolute Gasteiger partial charge is 0.269 e. The molecule has 4 aromatic rings. The third-order valence-corrected chi connectivity index (χ3v) is 4.26. The first-order valence-corrected chi connectivity index (χ1v) is 8.13. The maximum atomic E-state index is 14.3. The Morgan fingerprint density at radius 3 is 2.50 bits per heavy atom. The van der Waals surface area contributed by atoms with Crippen molar-refractivity contribution in [3.05, 3.63) is 88.5 Å². The molecule has 1 aromatic heterocycles. The molecule has 0 aliphatic heterocycles.